The lowest BCUT2D eigenvalue weighted by molar-refractivity contribution is -0.113. The van der Waals surface area contributed by atoms with Crippen molar-refractivity contribution in [3.8, 4) is 0 Å². The lowest BCUT2D eigenvalue weighted by atomic mass is 10.2. The van der Waals surface area contributed by atoms with Crippen LogP contribution in [0.2, 0.25) is 0 Å². The van der Waals surface area contributed by atoms with Gasteiger partial charge in [0.05, 0.1) is 31.6 Å². The second-order valence-electron chi connectivity index (χ2n) is 5.12. The van der Waals surface area contributed by atoms with Crippen molar-refractivity contribution in [1.29, 1.82) is 0 Å². The molecule has 1 fully saturated rings. The summed E-state index contributed by atoms with van der Waals surface area (Å²) in [5.74, 6) is 0.918. The van der Waals surface area contributed by atoms with E-state index >= 15 is 0 Å². The fourth-order valence-corrected chi connectivity index (χ4v) is 2.98. The lowest BCUT2D eigenvalue weighted by Crippen LogP contribution is -2.37. The third-order valence-corrected chi connectivity index (χ3v) is 4.42. The Hall–Kier alpha value is -1.57. The second kappa shape index (κ2) is 9.54. The van der Waals surface area contributed by atoms with E-state index in [1.165, 1.54) is 7.11 Å². The molecule has 1 N–H and O–H groups in total. The quantitative estimate of drug-likeness (QED) is 0.600. The normalized spacial score (nSPS) is 15.2. The Morgan fingerprint density at radius 2 is 1.96 bits per heavy atom. The van der Waals surface area contributed by atoms with Gasteiger partial charge in [0.1, 0.15) is 0 Å². The number of methoxy groups -OCH3 is 1. The molecular weight excluding hydrogens is 316 g/mol. The molecule has 6 nitrogen and oxygen atoms in total. The first kappa shape index (κ1) is 17.8. The molecule has 1 aromatic carbocycles. The van der Waals surface area contributed by atoms with Crippen molar-refractivity contribution in [2.75, 3.05) is 56.8 Å². The van der Waals surface area contributed by atoms with E-state index in [4.69, 9.17) is 4.74 Å². The summed E-state index contributed by atoms with van der Waals surface area (Å²) in [6.45, 7) is 4.52. The van der Waals surface area contributed by atoms with Gasteiger partial charge in [0.25, 0.3) is 0 Å². The molecule has 0 unspecified atom stereocenters. The minimum atomic E-state index is -0.387. The Morgan fingerprint density at radius 1 is 1.26 bits per heavy atom. The van der Waals surface area contributed by atoms with Gasteiger partial charge in [-0.25, -0.2) is 4.79 Å². The van der Waals surface area contributed by atoms with Crippen molar-refractivity contribution in [3.05, 3.63) is 29.8 Å². The number of ether oxygens (including phenoxy) is 2. The Morgan fingerprint density at radius 3 is 2.61 bits per heavy atom. The van der Waals surface area contributed by atoms with Gasteiger partial charge in [-0.2, -0.15) is 11.8 Å². The van der Waals surface area contributed by atoms with E-state index in [0.717, 1.165) is 38.6 Å². The van der Waals surface area contributed by atoms with Crippen molar-refractivity contribution in [2.45, 2.75) is 0 Å². The summed E-state index contributed by atoms with van der Waals surface area (Å²) in [5, 5.41) is 2.82. The number of nitrogens with zero attached hydrogens (tertiary/aromatic N) is 1. The van der Waals surface area contributed by atoms with E-state index in [-0.39, 0.29) is 11.9 Å². The number of benzene rings is 1. The first-order chi connectivity index (χ1) is 11.2. The number of hydrogen-bond acceptors (Lipinski definition) is 6. The van der Waals surface area contributed by atoms with Gasteiger partial charge in [0, 0.05) is 31.1 Å². The summed E-state index contributed by atoms with van der Waals surface area (Å²) in [6, 6.07) is 6.66. The van der Waals surface area contributed by atoms with Crippen LogP contribution in [0.1, 0.15) is 10.4 Å². The maximum atomic E-state index is 11.9. The van der Waals surface area contributed by atoms with E-state index in [1.54, 1.807) is 36.0 Å². The van der Waals surface area contributed by atoms with Gasteiger partial charge >= 0.3 is 5.97 Å². The van der Waals surface area contributed by atoms with E-state index in [1.807, 2.05) is 0 Å². The first-order valence-corrected chi connectivity index (χ1v) is 8.70. The number of hydrogen-bond donors (Lipinski definition) is 1. The Labute approximate surface area is 140 Å². The van der Waals surface area contributed by atoms with E-state index < -0.39 is 0 Å². The van der Waals surface area contributed by atoms with Gasteiger partial charge in [0.15, 0.2) is 0 Å². The van der Waals surface area contributed by atoms with Crippen molar-refractivity contribution < 1.29 is 19.1 Å². The average molecular weight is 338 g/mol. The van der Waals surface area contributed by atoms with Crippen LogP contribution in [0.15, 0.2) is 24.3 Å². The number of carbonyl (C=O) groups excluding carboxylic acids is 2. The van der Waals surface area contributed by atoms with Crippen LogP contribution in [0.4, 0.5) is 5.69 Å². The molecule has 7 heteroatoms. The summed E-state index contributed by atoms with van der Waals surface area (Å²) in [6.07, 6.45) is 0. The molecule has 0 radical (unpaired) electrons. The minimum Gasteiger partial charge on any atom is -0.465 e. The predicted molar refractivity (Wildman–Crippen MR) is 91.0 cm³/mol. The highest BCUT2D eigenvalue weighted by molar-refractivity contribution is 7.99. The maximum Gasteiger partial charge on any atom is 0.337 e. The first-order valence-electron chi connectivity index (χ1n) is 7.55. The van der Waals surface area contributed by atoms with E-state index in [2.05, 4.69) is 15.0 Å². The number of morpholine rings is 1. The lowest BCUT2D eigenvalue weighted by Gasteiger charge is -2.26. The molecule has 1 aliphatic heterocycles. The summed E-state index contributed by atoms with van der Waals surface area (Å²) >= 11 is 1.62. The molecule has 0 saturated carbocycles. The Balaban J connectivity index is 1.65. The number of amides is 1. The molecule has 1 amide bonds. The molecule has 0 aliphatic carbocycles. The van der Waals surface area contributed by atoms with Gasteiger partial charge in [-0.1, -0.05) is 0 Å². The van der Waals surface area contributed by atoms with Gasteiger partial charge in [-0.15, -0.1) is 0 Å². The van der Waals surface area contributed by atoms with E-state index in [9.17, 15) is 9.59 Å². The molecule has 2 rings (SSSR count). The highest BCUT2D eigenvalue weighted by Crippen LogP contribution is 2.11. The summed E-state index contributed by atoms with van der Waals surface area (Å²) in [5.41, 5.74) is 1.14. The zero-order valence-electron chi connectivity index (χ0n) is 13.2. The number of esters is 1. The standard InChI is InChI=1S/C16H22N2O4S/c1-21-16(20)13-2-4-14(5-3-13)17-15(19)12-23-11-8-18-6-9-22-10-7-18/h2-5H,6-12H2,1H3,(H,17,19). The zero-order valence-corrected chi connectivity index (χ0v) is 14.1. The molecule has 0 atom stereocenters. The molecule has 0 aromatic heterocycles. The minimum absolute atomic E-state index is 0.0391. The largest absolute Gasteiger partial charge is 0.465 e. The predicted octanol–water partition coefficient (Wildman–Crippen LogP) is 1.48. The summed E-state index contributed by atoms with van der Waals surface area (Å²) in [7, 11) is 1.34. The number of thioether (sulfide) groups is 1. The third-order valence-electron chi connectivity index (χ3n) is 3.48. The molecule has 1 aliphatic rings. The third kappa shape index (κ3) is 6.21. The molecule has 1 heterocycles. The number of anilines is 1. The van der Waals surface area contributed by atoms with Crippen molar-refractivity contribution in [1.82, 2.24) is 4.90 Å². The van der Waals surface area contributed by atoms with Crippen LogP contribution in [0, 0.1) is 0 Å². The van der Waals surface area contributed by atoms with Crippen LogP contribution in [0.3, 0.4) is 0 Å². The smallest absolute Gasteiger partial charge is 0.337 e. The van der Waals surface area contributed by atoms with Gasteiger partial charge in [-0.05, 0) is 24.3 Å². The molecule has 23 heavy (non-hydrogen) atoms. The molecule has 1 aromatic rings. The second-order valence-corrected chi connectivity index (χ2v) is 6.23. The Kier molecular flexibility index (Phi) is 7.38. The van der Waals surface area contributed by atoms with Crippen molar-refractivity contribution in [2.24, 2.45) is 0 Å². The fraction of sp³-hybridized carbons (Fsp3) is 0.500. The van der Waals surface area contributed by atoms with Gasteiger partial charge < -0.3 is 14.8 Å². The van der Waals surface area contributed by atoms with Gasteiger partial charge in [0.2, 0.25) is 5.91 Å². The monoisotopic (exact) mass is 338 g/mol. The molecule has 0 bridgehead atoms. The van der Waals surface area contributed by atoms with Crippen molar-refractivity contribution in [3.63, 3.8) is 0 Å². The molecule has 126 valence electrons. The fourth-order valence-electron chi connectivity index (χ4n) is 2.19. The number of carbonyl (C=O) groups is 2. The van der Waals surface area contributed by atoms with Crippen LogP contribution in [0.5, 0.6) is 0 Å². The highest BCUT2D eigenvalue weighted by atomic mass is 32.2. The highest BCUT2D eigenvalue weighted by Gasteiger charge is 2.10. The maximum absolute atomic E-state index is 11.9. The van der Waals surface area contributed by atoms with Crippen LogP contribution < -0.4 is 5.32 Å². The summed E-state index contributed by atoms with van der Waals surface area (Å²) in [4.78, 5) is 25.6. The van der Waals surface area contributed by atoms with Crippen LogP contribution in [-0.2, 0) is 14.3 Å². The van der Waals surface area contributed by atoms with Crippen molar-refractivity contribution >= 4 is 29.3 Å². The Bertz CT molecular complexity index is 515. The zero-order chi connectivity index (χ0) is 16.5. The van der Waals surface area contributed by atoms with E-state index in [0.29, 0.717) is 17.0 Å². The number of rotatable bonds is 7. The van der Waals surface area contributed by atoms with Crippen LogP contribution in [-0.4, -0.2) is 68.2 Å². The average Bonchev–Trinajstić information content (AvgIpc) is 2.59. The SMILES string of the molecule is COC(=O)c1ccc(NC(=O)CSCCN2CCOCC2)cc1. The van der Waals surface area contributed by atoms with Crippen LogP contribution >= 0.6 is 11.8 Å². The van der Waals surface area contributed by atoms with Gasteiger partial charge in [-0.3, -0.25) is 9.69 Å². The summed E-state index contributed by atoms with van der Waals surface area (Å²) < 4.78 is 9.93. The molecular formula is C16H22N2O4S. The topological polar surface area (TPSA) is 67.9 Å². The number of nitrogens with one attached hydrogen (secondary N) is 1. The molecule has 0 spiro atoms. The van der Waals surface area contributed by atoms with Crippen LogP contribution in [0.25, 0.3) is 0 Å². The molecule has 1 saturated heterocycles.